The summed E-state index contributed by atoms with van der Waals surface area (Å²) in [6.07, 6.45) is 3.44. The number of ether oxygens (including phenoxy) is 2. The Balaban J connectivity index is 1.82. The molecule has 174 valence electrons. The van der Waals surface area contributed by atoms with Gasteiger partial charge in [-0.1, -0.05) is 13.3 Å². The second-order valence-corrected chi connectivity index (χ2v) is 8.54. The van der Waals surface area contributed by atoms with Crippen molar-refractivity contribution in [2.45, 2.75) is 33.6 Å². The fraction of sp³-hybridized carbons (Fsp3) is 0.333. The first-order valence-corrected chi connectivity index (χ1v) is 11.4. The predicted octanol–water partition coefficient (Wildman–Crippen LogP) is 4.26. The lowest BCUT2D eigenvalue weighted by atomic mass is 10.2. The standard InChI is InChI=1S/C24H26N2O6S/c1-5-6-11-32-23(29)17-7-9-19(10-8-17)26-15(2)12-18(16(26)3)13-20-22(28)25(24(30)33-20)14-21(27)31-4/h7-10,12-13H,5-6,11,14H2,1-4H3/b20-13-. The molecule has 0 radical (unpaired) electrons. The van der Waals surface area contributed by atoms with Crippen molar-refractivity contribution >= 4 is 40.9 Å². The number of thioether (sulfide) groups is 1. The number of imide groups is 1. The molecule has 1 saturated heterocycles. The maximum atomic E-state index is 12.6. The molecule has 1 aliphatic heterocycles. The van der Waals surface area contributed by atoms with E-state index in [4.69, 9.17) is 4.74 Å². The fourth-order valence-corrected chi connectivity index (χ4v) is 4.27. The summed E-state index contributed by atoms with van der Waals surface area (Å²) in [6.45, 7) is 5.86. The van der Waals surface area contributed by atoms with Gasteiger partial charge in [-0.25, -0.2) is 4.79 Å². The maximum Gasteiger partial charge on any atom is 0.338 e. The number of aromatic nitrogens is 1. The number of hydrogen-bond acceptors (Lipinski definition) is 7. The summed E-state index contributed by atoms with van der Waals surface area (Å²) in [4.78, 5) is 49.5. The largest absolute Gasteiger partial charge is 0.468 e. The fourth-order valence-electron chi connectivity index (χ4n) is 3.44. The van der Waals surface area contributed by atoms with Crippen molar-refractivity contribution in [1.29, 1.82) is 0 Å². The Kier molecular flexibility index (Phi) is 7.75. The van der Waals surface area contributed by atoms with Crippen LogP contribution in [0.25, 0.3) is 11.8 Å². The molecule has 0 atom stereocenters. The third kappa shape index (κ3) is 5.36. The summed E-state index contributed by atoms with van der Waals surface area (Å²) in [5.74, 6) is -1.53. The maximum absolute atomic E-state index is 12.6. The Morgan fingerprint density at radius 3 is 2.45 bits per heavy atom. The highest BCUT2D eigenvalue weighted by Gasteiger charge is 2.36. The van der Waals surface area contributed by atoms with E-state index >= 15 is 0 Å². The second kappa shape index (κ2) is 10.5. The lowest BCUT2D eigenvalue weighted by Gasteiger charge is -2.11. The highest BCUT2D eigenvalue weighted by molar-refractivity contribution is 8.18. The van der Waals surface area contributed by atoms with Crippen molar-refractivity contribution < 1.29 is 28.7 Å². The van der Waals surface area contributed by atoms with Gasteiger partial charge in [0.25, 0.3) is 11.1 Å². The molecule has 1 aromatic heterocycles. The van der Waals surface area contributed by atoms with Crippen molar-refractivity contribution in [3.8, 4) is 5.69 Å². The number of unbranched alkanes of at least 4 members (excludes halogenated alkanes) is 1. The summed E-state index contributed by atoms with van der Waals surface area (Å²) < 4.78 is 11.8. The summed E-state index contributed by atoms with van der Waals surface area (Å²) >= 11 is 0.792. The van der Waals surface area contributed by atoms with Crippen LogP contribution in [0.2, 0.25) is 0 Å². The van der Waals surface area contributed by atoms with Crippen LogP contribution in [0.4, 0.5) is 4.79 Å². The third-order valence-corrected chi connectivity index (χ3v) is 6.14. The van der Waals surface area contributed by atoms with Crippen LogP contribution >= 0.6 is 11.8 Å². The van der Waals surface area contributed by atoms with Crippen LogP contribution < -0.4 is 0 Å². The van der Waals surface area contributed by atoms with Crippen molar-refractivity contribution in [3.63, 3.8) is 0 Å². The SMILES string of the molecule is CCCCOC(=O)c1ccc(-n2c(C)cc(/C=C3\SC(=O)N(CC(=O)OC)C3=O)c2C)cc1. The average Bonchev–Trinajstić information content (AvgIpc) is 3.22. The normalized spacial score (nSPS) is 14.8. The highest BCUT2D eigenvalue weighted by Crippen LogP contribution is 2.33. The second-order valence-electron chi connectivity index (χ2n) is 7.54. The van der Waals surface area contributed by atoms with Gasteiger partial charge in [0.05, 0.1) is 24.2 Å². The zero-order chi connectivity index (χ0) is 24.1. The molecule has 0 spiro atoms. The highest BCUT2D eigenvalue weighted by atomic mass is 32.2. The molecule has 0 N–H and O–H groups in total. The topological polar surface area (TPSA) is 94.9 Å². The number of rotatable bonds is 8. The molecule has 2 amide bonds. The lowest BCUT2D eigenvalue weighted by molar-refractivity contribution is -0.143. The van der Waals surface area contributed by atoms with E-state index in [1.807, 2.05) is 43.5 Å². The van der Waals surface area contributed by atoms with Crippen molar-refractivity contribution in [1.82, 2.24) is 9.47 Å². The zero-order valence-electron chi connectivity index (χ0n) is 19.0. The molecule has 0 unspecified atom stereocenters. The predicted molar refractivity (Wildman–Crippen MR) is 125 cm³/mol. The molecule has 8 nitrogen and oxygen atoms in total. The molecular formula is C24H26N2O6S. The zero-order valence-corrected chi connectivity index (χ0v) is 19.9. The summed E-state index contributed by atoms with van der Waals surface area (Å²) in [7, 11) is 1.20. The van der Waals surface area contributed by atoms with E-state index in [1.165, 1.54) is 7.11 Å². The molecule has 1 fully saturated rings. The monoisotopic (exact) mass is 470 g/mol. The van der Waals surface area contributed by atoms with Crippen LogP contribution in [0.3, 0.4) is 0 Å². The van der Waals surface area contributed by atoms with Crippen LogP contribution in [0.1, 0.15) is 47.1 Å². The van der Waals surface area contributed by atoms with Crippen molar-refractivity contribution in [3.05, 3.63) is 57.8 Å². The summed E-state index contributed by atoms with van der Waals surface area (Å²) in [5, 5.41) is -0.508. The minimum atomic E-state index is -0.658. The number of esters is 2. The van der Waals surface area contributed by atoms with Crippen LogP contribution in [0.5, 0.6) is 0 Å². The van der Waals surface area contributed by atoms with Gasteiger partial charge in [-0.05, 0) is 74.0 Å². The summed E-state index contributed by atoms with van der Waals surface area (Å²) in [5.41, 5.74) is 3.90. The van der Waals surface area contributed by atoms with Crippen LogP contribution in [0, 0.1) is 13.8 Å². The van der Waals surface area contributed by atoms with E-state index in [9.17, 15) is 19.2 Å². The number of carbonyl (C=O) groups excluding carboxylic acids is 4. The van der Waals surface area contributed by atoms with Gasteiger partial charge in [-0.3, -0.25) is 19.3 Å². The van der Waals surface area contributed by atoms with Gasteiger partial charge < -0.3 is 14.0 Å². The van der Waals surface area contributed by atoms with Crippen molar-refractivity contribution in [2.24, 2.45) is 0 Å². The molecule has 0 bridgehead atoms. The number of hydrogen-bond donors (Lipinski definition) is 0. The Morgan fingerprint density at radius 1 is 1.12 bits per heavy atom. The van der Waals surface area contributed by atoms with Crippen LogP contribution in [-0.4, -0.2) is 52.8 Å². The minimum Gasteiger partial charge on any atom is -0.468 e. The van der Waals surface area contributed by atoms with E-state index in [-0.39, 0.29) is 10.9 Å². The number of aryl methyl sites for hydroxylation is 1. The molecule has 1 aromatic carbocycles. The molecular weight excluding hydrogens is 444 g/mol. The minimum absolute atomic E-state index is 0.245. The molecule has 1 aliphatic rings. The van der Waals surface area contributed by atoms with Gasteiger partial charge >= 0.3 is 11.9 Å². The number of nitrogens with zero attached hydrogens (tertiary/aromatic N) is 2. The van der Waals surface area contributed by atoms with Gasteiger partial charge in [-0.15, -0.1) is 0 Å². The van der Waals surface area contributed by atoms with E-state index < -0.39 is 23.7 Å². The molecule has 2 aromatic rings. The first-order chi connectivity index (χ1) is 15.8. The molecule has 33 heavy (non-hydrogen) atoms. The summed E-state index contributed by atoms with van der Waals surface area (Å²) in [6, 6.07) is 9.03. The van der Waals surface area contributed by atoms with Gasteiger partial charge in [-0.2, -0.15) is 0 Å². The average molecular weight is 471 g/mol. The lowest BCUT2D eigenvalue weighted by Crippen LogP contribution is -2.34. The molecule has 0 aliphatic carbocycles. The van der Waals surface area contributed by atoms with Gasteiger partial charge in [0, 0.05) is 17.1 Å². The van der Waals surface area contributed by atoms with E-state index in [1.54, 1.807) is 18.2 Å². The third-order valence-electron chi connectivity index (χ3n) is 5.24. The molecule has 2 heterocycles. The van der Waals surface area contributed by atoms with E-state index in [0.717, 1.165) is 52.1 Å². The van der Waals surface area contributed by atoms with Crippen molar-refractivity contribution in [2.75, 3.05) is 20.3 Å². The molecule has 3 rings (SSSR count). The van der Waals surface area contributed by atoms with Gasteiger partial charge in [0.2, 0.25) is 0 Å². The number of methoxy groups -OCH3 is 1. The first kappa shape index (κ1) is 24.3. The Labute approximate surface area is 196 Å². The Morgan fingerprint density at radius 2 is 1.82 bits per heavy atom. The van der Waals surface area contributed by atoms with Gasteiger partial charge in [0.1, 0.15) is 6.54 Å². The van der Waals surface area contributed by atoms with E-state index in [0.29, 0.717) is 12.2 Å². The quantitative estimate of drug-likeness (QED) is 0.323. The first-order valence-electron chi connectivity index (χ1n) is 10.6. The van der Waals surface area contributed by atoms with E-state index in [2.05, 4.69) is 4.74 Å². The number of benzene rings is 1. The Hall–Kier alpha value is -3.33. The molecule has 0 saturated carbocycles. The smallest absolute Gasteiger partial charge is 0.338 e. The number of carbonyl (C=O) groups is 4. The van der Waals surface area contributed by atoms with Gasteiger partial charge in [0.15, 0.2) is 0 Å². The molecule has 9 heteroatoms. The van der Waals surface area contributed by atoms with Crippen LogP contribution in [-0.2, 0) is 19.1 Å². The number of amides is 2. The Bertz CT molecular complexity index is 1120. The van der Waals surface area contributed by atoms with Crippen LogP contribution in [0.15, 0.2) is 35.2 Å².